The first-order chi connectivity index (χ1) is 12.8. The molecule has 1 heterocycles. The molecule has 0 saturated heterocycles. The van der Waals surface area contributed by atoms with Crippen LogP contribution in [0.5, 0.6) is 0 Å². The number of unbranched alkanes of at least 4 members (excludes halogenated alkanes) is 3. The molecule has 2 heteroatoms. The zero-order valence-electron chi connectivity index (χ0n) is 15.4. The van der Waals surface area contributed by atoms with Gasteiger partial charge < -0.3 is 0 Å². The van der Waals surface area contributed by atoms with Crippen molar-refractivity contribution in [3.8, 4) is 11.1 Å². The molecular weight excluding hydrogens is 334 g/mol. The lowest BCUT2D eigenvalue weighted by atomic mass is 10.1. The Labute approximate surface area is 160 Å². The lowest BCUT2D eigenvalue weighted by Gasteiger charge is -2.02. The van der Waals surface area contributed by atoms with Gasteiger partial charge in [0.15, 0.2) is 0 Å². The van der Waals surface area contributed by atoms with Crippen LogP contribution in [0.1, 0.15) is 54.2 Å². The molecule has 2 aromatic carbocycles. The SMILES string of the molecule is CCCCCCc1ccsc1C=Nc1ccc2c(c1)Cc1ccccc1-2. The van der Waals surface area contributed by atoms with Crippen molar-refractivity contribution in [3.05, 3.63) is 75.5 Å². The number of thiophene rings is 1. The minimum absolute atomic E-state index is 1.02. The van der Waals surface area contributed by atoms with Gasteiger partial charge in [-0.1, -0.05) is 56.5 Å². The van der Waals surface area contributed by atoms with Gasteiger partial charge in [-0.15, -0.1) is 11.3 Å². The minimum Gasteiger partial charge on any atom is -0.255 e. The van der Waals surface area contributed by atoms with Crippen molar-refractivity contribution in [2.45, 2.75) is 45.4 Å². The first kappa shape index (κ1) is 17.2. The van der Waals surface area contributed by atoms with E-state index in [0.717, 1.165) is 12.1 Å². The van der Waals surface area contributed by atoms with Gasteiger partial charge in [-0.3, -0.25) is 4.99 Å². The van der Waals surface area contributed by atoms with E-state index in [0.29, 0.717) is 0 Å². The highest BCUT2D eigenvalue weighted by molar-refractivity contribution is 7.11. The van der Waals surface area contributed by atoms with Gasteiger partial charge in [0.1, 0.15) is 0 Å². The molecule has 0 atom stereocenters. The van der Waals surface area contributed by atoms with Crippen LogP contribution in [0.4, 0.5) is 5.69 Å². The molecule has 26 heavy (non-hydrogen) atoms. The van der Waals surface area contributed by atoms with Crippen LogP contribution in [0.25, 0.3) is 11.1 Å². The van der Waals surface area contributed by atoms with Gasteiger partial charge in [0.25, 0.3) is 0 Å². The van der Waals surface area contributed by atoms with Crippen LogP contribution in [0, 0.1) is 0 Å². The van der Waals surface area contributed by atoms with Gasteiger partial charge >= 0.3 is 0 Å². The van der Waals surface area contributed by atoms with E-state index in [4.69, 9.17) is 4.99 Å². The average molecular weight is 360 g/mol. The third-order valence-electron chi connectivity index (χ3n) is 5.19. The monoisotopic (exact) mass is 359 g/mol. The molecule has 0 fully saturated rings. The number of benzene rings is 2. The van der Waals surface area contributed by atoms with Crippen molar-refractivity contribution in [2.24, 2.45) is 4.99 Å². The van der Waals surface area contributed by atoms with Crippen molar-refractivity contribution < 1.29 is 0 Å². The van der Waals surface area contributed by atoms with E-state index in [9.17, 15) is 0 Å². The normalized spacial score (nSPS) is 12.5. The summed E-state index contributed by atoms with van der Waals surface area (Å²) in [5.41, 5.74) is 8.08. The summed E-state index contributed by atoms with van der Waals surface area (Å²) >= 11 is 1.80. The average Bonchev–Trinajstić information content (AvgIpc) is 3.27. The zero-order valence-corrected chi connectivity index (χ0v) is 16.2. The summed E-state index contributed by atoms with van der Waals surface area (Å²) in [6.45, 7) is 2.26. The molecular formula is C24H25NS. The lowest BCUT2D eigenvalue weighted by molar-refractivity contribution is 0.667. The fourth-order valence-corrected chi connectivity index (χ4v) is 4.57. The number of aliphatic imine (C=N–C) groups is 1. The highest BCUT2D eigenvalue weighted by Gasteiger charge is 2.17. The first-order valence-electron chi connectivity index (χ1n) is 9.67. The molecule has 3 aromatic rings. The largest absolute Gasteiger partial charge is 0.255 e. The number of aryl methyl sites for hydroxylation is 1. The summed E-state index contributed by atoms with van der Waals surface area (Å²) in [7, 11) is 0. The topological polar surface area (TPSA) is 12.4 Å². The second kappa shape index (κ2) is 8.01. The van der Waals surface area contributed by atoms with E-state index in [2.05, 4.69) is 67.0 Å². The molecule has 1 aromatic heterocycles. The van der Waals surface area contributed by atoms with Crippen molar-refractivity contribution in [1.29, 1.82) is 0 Å². The fraction of sp³-hybridized carbons (Fsp3) is 0.292. The van der Waals surface area contributed by atoms with E-state index in [1.54, 1.807) is 11.3 Å². The maximum absolute atomic E-state index is 4.78. The smallest absolute Gasteiger partial charge is 0.0633 e. The van der Waals surface area contributed by atoms with Crippen LogP contribution in [0.2, 0.25) is 0 Å². The molecule has 0 aliphatic heterocycles. The maximum Gasteiger partial charge on any atom is 0.0633 e. The third-order valence-corrected chi connectivity index (χ3v) is 6.08. The Hall–Kier alpha value is -2.19. The van der Waals surface area contributed by atoms with Crippen LogP contribution < -0.4 is 0 Å². The maximum atomic E-state index is 4.78. The predicted octanol–water partition coefficient (Wildman–Crippen LogP) is 7.19. The number of nitrogens with zero attached hydrogens (tertiary/aromatic N) is 1. The van der Waals surface area contributed by atoms with Crippen LogP contribution in [0.15, 0.2) is 58.9 Å². The van der Waals surface area contributed by atoms with Gasteiger partial charge in [-0.2, -0.15) is 0 Å². The van der Waals surface area contributed by atoms with Crippen LogP contribution >= 0.6 is 11.3 Å². The summed E-state index contributed by atoms with van der Waals surface area (Å²) in [5.74, 6) is 0. The predicted molar refractivity (Wildman–Crippen MR) is 114 cm³/mol. The van der Waals surface area contributed by atoms with Crippen LogP contribution in [0.3, 0.4) is 0 Å². The third kappa shape index (κ3) is 3.66. The Kier molecular flexibility index (Phi) is 5.31. The van der Waals surface area contributed by atoms with Gasteiger partial charge in [0.05, 0.1) is 5.69 Å². The Morgan fingerprint density at radius 1 is 0.962 bits per heavy atom. The molecule has 1 aliphatic rings. The molecule has 0 bridgehead atoms. The van der Waals surface area contributed by atoms with Gasteiger partial charge in [-0.05, 0) is 70.7 Å². The van der Waals surface area contributed by atoms with Crippen LogP contribution in [-0.2, 0) is 12.8 Å². The number of fused-ring (bicyclic) bond motifs is 3. The van der Waals surface area contributed by atoms with Crippen LogP contribution in [-0.4, -0.2) is 6.21 Å². The minimum atomic E-state index is 1.02. The summed E-state index contributed by atoms with van der Waals surface area (Å²) < 4.78 is 0. The summed E-state index contributed by atoms with van der Waals surface area (Å²) in [6.07, 6.45) is 9.49. The van der Waals surface area contributed by atoms with Gasteiger partial charge in [-0.25, -0.2) is 0 Å². The second-order valence-electron chi connectivity index (χ2n) is 7.05. The van der Waals surface area contributed by atoms with Crippen molar-refractivity contribution in [2.75, 3.05) is 0 Å². The molecule has 1 nitrogen and oxygen atoms in total. The molecule has 0 N–H and O–H groups in total. The van der Waals surface area contributed by atoms with Crippen molar-refractivity contribution in [1.82, 2.24) is 0 Å². The van der Waals surface area contributed by atoms with E-state index in [-0.39, 0.29) is 0 Å². The van der Waals surface area contributed by atoms with E-state index in [1.807, 2.05) is 0 Å². The first-order valence-corrected chi connectivity index (χ1v) is 10.5. The molecule has 132 valence electrons. The molecule has 1 aliphatic carbocycles. The second-order valence-corrected chi connectivity index (χ2v) is 8.00. The summed E-state index contributed by atoms with van der Waals surface area (Å²) in [6, 6.07) is 17.6. The zero-order chi connectivity index (χ0) is 17.8. The molecule has 0 unspecified atom stereocenters. The van der Waals surface area contributed by atoms with E-state index in [1.165, 1.54) is 64.8 Å². The molecule has 0 saturated carbocycles. The number of hydrogen-bond acceptors (Lipinski definition) is 2. The van der Waals surface area contributed by atoms with E-state index >= 15 is 0 Å². The summed E-state index contributed by atoms with van der Waals surface area (Å²) in [5, 5.41) is 2.19. The van der Waals surface area contributed by atoms with E-state index < -0.39 is 0 Å². The molecule has 0 amide bonds. The highest BCUT2D eigenvalue weighted by Crippen LogP contribution is 2.38. The molecule has 0 spiro atoms. The Morgan fingerprint density at radius 2 is 1.85 bits per heavy atom. The van der Waals surface area contributed by atoms with Crippen molar-refractivity contribution in [3.63, 3.8) is 0 Å². The molecule has 4 rings (SSSR count). The highest BCUT2D eigenvalue weighted by atomic mass is 32.1. The quantitative estimate of drug-likeness (QED) is 0.244. The Morgan fingerprint density at radius 3 is 2.77 bits per heavy atom. The Bertz CT molecular complexity index is 919. The Balaban J connectivity index is 1.47. The molecule has 0 radical (unpaired) electrons. The van der Waals surface area contributed by atoms with Gasteiger partial charge in [0, 0.05) is 11.1 Å². The number of hydrogen-bond donors (Lipinski definition) is 0. The van der Waals surface area contributed by atoms with Gasteiger partial charge in [0.2, 0.25) is 0 Å². The summed E-state index contributed by atoms with van der Waals surface area (Å²) in [4.78, 5) is 6.09. The standard InChI is InChI=1S/C24H25NS/c1-2-3-4-5-8-18-13-14-26-24(18)17-25-21-11-12-23-20(16-21)15-19-9-6-7-10-22(19)23/h6-7,9-14,16-17H,2-5,8,15H2,1H3. The van der Waals surface area contributed by atoms with Crippen molar-refractivity contribution >= 4 is 23.2 Å². The fourth-order valence-electron chi connectivity index (χ4n) is 3.75. The lowest BCUT2D eigenvalue weighted by Crippen LogP contribution is -1.88. The number of rotatable bonds is 7.